The standard InChI is InChI=1S/C11H15NO/c1-11(2)4-7-3-8(6-12)10(7)9(13)5-11/h7-8,10H,3-5H2,1-2H3. The van der Waals surface area contributed by atoms with Gasteiger partial charge in [-0.3, -0.25) is 4.79 Å². The summed E-state index contributed by atoms with van der Waals surface area (Å²) in [5, 5.41) is 8.77. The second-order valence-corrected chi connectivity index (χ2v) is 5.27. The topological polar surface area (TPSA) is 40.9 Å². The van der Waals surface area contributed by atoms with Gasteiger partial charge in [0.15, 0.2) is 0 Å². The molecule has 0 bridgehead atoms. The van der Waals surface area contributed by atoms with Crippen LogP contribution in [0.4, 0.5) is 0 Å². The number of carbonyl (C=O) groups is 1. The van der Waals surface area contributed by atoms with E-state index < -0.39 is 0 Å². The molecule has 0 amide bonds. The normalized spacial score (nSPS) is 41.6. The fourth-order valence-electron chi connectivity index (χ4n) is 2.95. The fraction of sp³-hybridized carbons (Fsp3) is 0.818. The highest BCUT2D eigenvalue weighted by molar-refractivity contribution is 5.84. The number of ketones is 1. The van der Waals surface area contributed by atoms with Gasteiger partial charge in [0, 0.05) is 12.3 Å². The van der Waals surface area contributed by atoms with Crippen molar-refractivity contribution in [1.82, 2.24) is 0 Å². The lowest BCUT2D eigenvalue weighted by molar-refractivity contribution is -0.139. The molecule has 0 spiro atoms. The first-order valence-corrected chi connectivity index (χ1v) is 4.96. The molecule has 0 N–H and O–H groups in total. The monoisotopic (exact) mass is 177 g/mol. The Morgan fingerprint density at radius 3 is 2.77 bits per heavy atom. The Kier molecular flexibility index (Phi) is 1.73. The average Bonchev–Trinajstić information content (AvgIpc) is 1.93. The Hall–Kier alpha value is -0.840. The van der Waals surface area contributed by atoms with Crippen LogP contribution in [0.5, 0.6) is 0 Å². The van der Waals surface area contributed by atoms with E-state index in [2.05, 4.69) is 19.9 Å². The summed E-state index contributed by atoms with van der Waals surface area (Å²) >= 11 is 0. The zero-order valence-corrected chi connectivity index (χ0v) is 8.21. The van der Waals surface area contributed by atoms with Gasteiger partial charge in [0.25, 0.3) is 0 Å². The quantitative estimate of drug-likeness (QED) is 0.569. The molecule has 0 aromatic rings. The Labute approximate surface area is 78.9 Å². The van der Waals surface area contributed by atoms with Gasteiger partial charge in [0.1, 0.15) is 5.78 Å². The molecule has 13 heavy (non-hydrogen) atoms. The number of carbonyl (C=O) groups excluding carboxylic acids is 1. The van der Waals surface area contributed by atoms with Gasteiger partial charge in [-0.05, 0) is 24.2 Å². The van der Waals surface area contributed by atoms with Crippen molar-refractivity contribution in [3.8, 4) is 6.07 Å². The maximum absolute atomic E-state index is 11.7. The van der Waals surface area contributed by atoms with Crippen LogP contribution >= 0.6 is 0 Å². The molecule has 2 saturated carbocycles. The number of hydrogen-bond acceptors (Lipinski definition) is 2. The molecule has 0 aromatic heterocycles. The molecule has 2 nitrogen and oxygen atoms in total. The highest BCUT2D eigenvalue weighted by Gasteiger charge is 2.51. The maximum Gasteiger partial charge on any atom is 0.138 e. The van der Waals surface area contributed by atoms with Crippen molar-refractivity contribution in [3.05, 3.63) is 0 Å². The fourth-order valence-corrected chi connectivity index (χ4v) is 2.95. The van der Waals surface area contributed by atoms with Crippen molar-refractivity contribution < 1.29 is 4.79 Å². The number of rotatable bonds is 0. The van der Waals surface area contributed by atoms with E-state index in [-0.39, 0.29) is 17.3 Å². The third-order valence-electron chi connectivity index (χ3n) is 3.50. The SMILES string of the molecule is CC1(C)CC(=O)C2C(C#N)CC2C1. The highest BCUT2D eigenvalue weighted by Crippen LogP contribution is 2.52. The number of hydrogen-bond donors (Lipinski definition) is 0. The van der Waals surface area contributed by atoms with Crippen LogP contribution in [0.25, 0.3) is 0 Å². The molecule has 2 aliphatic carbocycles. The lowest BCUT2D eigenvalue weighted by Gasteiger charge is -2.48. The van der Waals surface area contributed by atoms with E-state index in [0.717, 1.165) is 12.8 Å². The molecule has 0 heterocycles. The van der Waals surface area contributed by atoms with Gasteiger partial charge in [-0.1, -0.05) is 13.8 Å². The minimum atomic E-state index is 0.0357. The molecule has 0 aromatic carbocycles. The third-order valence-corrected chi connectivity index (χ3v) is 3.50. The first kappa shape index (κ1) is 8.74. The van der Waals surface area contributed by atoms with Crippen molar-refractivity contribution in [1.29, 1.82) is 5.26 Å². The highest BCUT2D eigenvalue weighted by atomic mass is 16.1. The van der Waals surface area contributed by atoms with Crippen LogP contribution in [0.15, 0.2) is 0 Å². The molecule has 2 heteroatoms. The molecule has 3 atom stereocenters. The number of Topliss-reactive ketones (excluding diaryl/α,β-unsaturated/α-hetero) is 1. The van der Waals surface area contributed by atoms with Gasteiger partial charge in [-0.25, -0.2) is 0 Å². The molecule has 2 fully saturated rings. The van der Waals surface area contributed by atoms with Crippen LogP contribution in [0.3, 0.4) is 0 Å². The van der Waals surface area contributed by atoms with Crippen molar-refractivity contribution in [3.63, 3.8) is 0 Å². The Morgan fingerprint density at radius 2 is 2.23 bits per heavy atom. The number of fused-ring (bicyclic) bond motifs is 1. The van der Waals surface area contributed by atoms with E-state index in [1.165, 1.54) is 0 Å². The molecule has 2 rings (SSSR count). The summed E-state index contributed by atoms with van der Waals surface area (Å²) in [7, 11) is 0. The molecule has 70 valence electrons. The summed E-state index contributed by atoms with van der Waals surface area (Å²) in [5.74, 6) is 0.978. The molecule has 2 aliphatic rings. The van der Waals surface area contributed by atoms with E-state index >= 15 is 0 Å². The van der Waals surface area contributed by atoms with Crippen LogP contribution in [0.2, 0.25) is 0 Å². The summed E-state index contributed by atoms with van der Waals surface area (Å²) < 4.78 is 0. The first-order valence-electron chi connectivity index (χ1n) is 4.96. The summed E-state index contributed by atoms with van der Waals surface area (Å²) in [5.41, 5.74) is 0.179. The van der Waals surface area contributed by atoms with Crippen LogP contribution in [-0.4, -0.2) is 5.78 Å². The van der Waals surface area contributed by atoms with E-state index in [1.54, 1.807) is 0 Å². The summed E-state index contributed by atoms with van der Waals surface area (Å²) in [6, 6.07) is 2.24. The lowest BCUT2D eigenvalue weighted by Crippen LogP contribution is -2.48. The predicted octanol–water partition coefficient (Wildman–Crippen LogP) is 2.15. The van der Waals surface area contributed by atoms with Gasteiger partial charge < -0.3 is 0 Å². The van der Waals surface area contributed by atoms with E-state index in [9.17, 15) is 4.79 Å². The zero-order valence-electron chi connectivity index (χ0n) is 8.21. The Bertz CT molecular complexity index is 287. The van der Waals surface area contributed by atoms with Crippen LogP contribution in [-0.2, 0) is 4.79 Å². The predicted molar refractivity (Wildman–Crippen MR) is 48.7 cm³/mol. The third kappa shape index (κ3) is 1.27. The van der Waals surface area contributed by atoms with Crippen LogP contribution in [0.1, 0.15) is 33.1 Å². The molecular formula is C11H15NO. The minimum absolute atomic E-state index is 0.0357. The minimum Gasteiger partial charge on any atom is -0.299 e. The molecule has 0 aliphatic heterocycles. The van der Waals surface area contributed by atoms with Gasteiger partial charge >= 0.3 is 0 Å². The number of nitrogens with zero attached hydrogens (tertiary/aromatic N) is 1. The smallest absolute Gasteiger partial charge is 0.138 e. The lowest BCUT2D eigenvalue weighted by atomic mass is 9.53. The van der Waals surface area contributed by atoms with E-state index in [1.807, 2.05) is 0 Å². The van der Waals surface area contributed by atoms with Gasteiger partial charge in [-0.15, -0.1) is 0 Å². The van der Waals surface area contributed by atoms with Gasteiger partial charge in [0.2, 0.25) is 0 Å². The van der Waals surface area contributed by atoms with E-state index in [4.69, 9.17) is 5.26 Å². The van der Waals surface area contributed by atoms with E-state index in [0.29, 0.717) is 18.1 Å². The van der Waals surface area contributed by atoms with Crippen LogP contribution < -0.4 is 0 Å². The zero-order chi connectivity index (χ0) is 9.64. The second-order valence-electron chi connectivity index (χ2n) is 5.27. The average molecular weight is 177 g/mol. The van der Waals surface area contributed by atoms with Gasteiger partial charge in [-0.2, -0.15) is 5.26 Å². The van der Waals surface area contributed by atoms with Crippen LogP contribution in [0, 0.1) is 34.5 Å². The molecule has 3 unspecified atom stereocenters. The largest absolute Gasteiger partial charge is 0.299 e. The van der Waals surface area contributed by atoms with Crippen molar-refractivity contribution in [2.24, 2.45) is 23.2 Å². The molecule has 0 saturated heterocycles. The van der Waals surface area contributed by atoms with Gasteiger partial charge in [0.05, 0.1) is 12.0 Å². The maximum atomic E-state index is 11.7. The molecule has 0 radical (unpaired) electrons. The number of nitriles is 1. The summed E-state index contributed by atoms with van der Waals surface area (Å²) in [4.78, 5) is 11.7. The first-order chi connectivity index (χ1) is 6.03. The Balaban J connectivity index is 2.13. The van der Waals surface area contributed by atoms with Crippen molar-refractivity contribution in [2.75, 3.05) is 0 Å². The summed E-state index contributed by atoms with van der Waals surface area (Å²) in [6.07, 6.45) is 2.75. The Morgan fingerprint density at radius 1 is 1.54 bits per heavy atom. The summed E-state index contributed by atoms with van der Waals surface area (Å²) in [6.45, 7) is 4.31. The molecular weight excluding hydrogens is 162 g/mol. The second kappa shape index (κ2) is 2.57. The van der Waals surface area contributed by atoms with Crippen molar-refractivity contribution >= 4 is 5.78 Å². The van der Waals surface area contributed by atoms with Crippen molar-refractivity contribution in [2.45, 2.75) is 33.1 Å².